The quantitative estimate of drug-likeness (QED) is 0.643. The first-order valence-electron chi connectivity index (χ1n) is 5.70. The maximum Gasteiger partial charge on any atom is 0.163 e. The first kappa shape index (κ1) is 11.7. The van der Waals surface area contributed by atoms with E-state index in [0.717, 1.165) is 11.1 Å². The molecule has 1 N–H and O–H groups in total. The van der Waals surface area contributed by atoms with Crippen molar-refractivity contribution in [1.29, 1.82) is 0 Å². The molecule has 1 atom stereocenters. The lowest BCUT2D eigenvalue weighted by molar-refractivity contribution is 0.101. The van der Waals surface area contributed by atoms with E-state index in [1.165, 1.54) is 6.92 Å². The predicted octanol–water partition coefficient (Wildman–Crippen LogP) is 2.65. The fourth-order valence-electron chi connectivity index (χ4n) is 2.20. The van der Waals surface area contributed by atoms with Crippen LogP contribution in [0.15, 0.2) is 18.7 Å². The molecule has 0 bridgehead atoms. The SMILES string of the molecule is C=CCc1cc(C(C)=O)c2c(c1O)CC(C)O2. The number of phenols is 1. The van der Waals surface area contributed by atoms with Crippen LogP contribution in [0.1, 0.15) is 35.3 Å². The summed E-state index contributed by atoms with van der Waals surface area (Å²) in [6, 6.07) is 1.70. The van der Waals surface area contributed by atoms with Crippen LogP contribution in [0.2, 0.25) is 0 Å². The lowest BCUT2D eigenvalue weighted by Gasteiger charge is -2.11. The Hall–Kier alpha value is -1.77. The highest BCUT2D eigenvalue weighted by atomic mass is 16.5. The summed E-state index contributed by atoms with van der Waals surface area (Å²) in [7, 11) is 0. The minimum atomic E-state index is -0.0411. The van der Waals surface area contributed by atoms with Gasteiger partial charge in [-0.15, -0.1) is 6.58 Å². The normalized spacial score (nSPS) is 17.4. The maximum atomic E-state index is 11.6. The minimum absolute atomic E-state index is 0.00739. The number of carbonyl (C=O) groups excluding carboxylic acids is 1. The number of allylic oxidation sites excluding steroid dienone is 1. The van der Waals surface area contributed by atoms with Crippen LogP contribution in [0.3, 0.4) is 0 Å². The summed E-state index contributed by atoms with van der Waals surface area (Å²) in [6.45, 7) is 7.09. The Balaban J connectivity index is 2.62. The number of hydrogen-bond acceptors (Lipinski definition) is 3. The Morgan fingerprint density at radius 3 is 3.00 bits per heavy atom. The van der Waals surface area contributed by atoms with Crippen molar-refractivity contribution in [1.82, 2.24) is 0 Å². The van der Waals surface area contributed by atoms with Crippen molar-refractivity contribution < 1.29 is 14.6 Å². The molecule has 1 heterocycles. The van der Waals surface area contributed by atoms with Gasteiger partial charge in [0.1, 0.15) is 17.6 Å². The molecule has 0 aromatic heterocycles. The van der Waals surface area contributed by atoms with E-state index in [9.17, 15) is 9.90 Å². The van der Waals surface area contributed by atoms with Crippen molar-refractivity contribution in [3.63, 3.8) is 0 Å². The van der Waals surface area contributed by atoms with Gasteiger partial charge in [-0.1, -0.05) is 6.08 Å². The number of benzene rings is 1. The highest BCUT2D eigenvalue weighted by Crippen LogP contribution is 2.41. The number of rotatable bonds is 3. The lowest BCUT2D eigenvalue weighted by atomic mass is 9.97. The third-order valence-electron chi connectivity index (χ3n) is 2.98. The topological polar surface area (TPSA) is 46.5 Å². The molecule has 17 heavy (non-hydrogen) atoms. The average molecular weight is 232 g/mol. The van der Waals surface area contributed by atoms with Crippen LogP contribution in [0, 0.1) is 0 Å². The summed E-state index contributed by atoms with van der Waals surface area (Å²) < 4.78 is 5.61. The minimum Gasteiger partial charge on any atom is -0.507 e. The van der Waals surface area contributed by atoms with E-state index >= 15 is 0 Å². The summed E-state index contributed by atoms with van der Waals surface area (Å²) in [5, 5.41) is 10.1. The van der Waals surface area contributed by atoms with Crippen LogP contribution in [0.25, 0.3) is 0 Å². The molecule has 3 heteroatoms. The predicted molar refractivity (Wildman–Crippen MR) is 65.8 cm³/mol. The standard InChI is InChI=1S/C14H16O3/c1-4-5-10-7-11(9(3)15)14-12(13(10)16)6-8(2)17-14/h4,7-8,16H,1,5-6H2,2-3H3. The molecule has 1 aromatic rings. The van der Waals surface area contributed by atoms with Gasteiger partial charge < -0.3 is 9.84 Å². The molecule has 1 aliphatic heterocycles. The molecule has 0 amide bonds. The summed E-state index contributed by atoms with van der Waals surface area (Å²) in [6.07, 6.45) is 2.91. The van der Waals surface area contributed by atoms with Crippen LogP contribution in [0.4, 0.5) is 0 Å². The average Bonchev–Trinajstić information content (AvgIpc) is 2.64. The molecule has 0 spiro atoms. The highest BCUT2D eigenvalue weighted by molar-refractivity contribution is 5.98. The number of phenolic OH excluding ortho intramolecular Hbond substituents is 1. The molecular formula is C14H16O3. The zero-order valence-electron chi connectivity index (χ0n) is 10.1. The number of ketones is 1. The molecular weight excluding hydrogens is 216 g/mol. The van der Waals surface area contributed by atoms with Crippen molar-refractivity contribution in [3.05, 3.63) is 35.4 Å². The Morgan fingerprint density at radius 2 is 2.41 bits per heavy atom. The molecule has 3 nitrogen and oxygen atoms in total. The molecule has 0 saturated heterocycles. The van der Waals surface area contributed by atoms with Gasteiger partial charge in [0.2, 0.25) is 0 Å². The first-order valence-corrected chi connectivity index (χ1v) is 5.70. The Bertz CT molecular complexity index is 489. The van der Waals surface area contributed by atoms with E-state index in [1.54, 1.807) is 12.1 Å². The van der Waals surface area contributed by atoms with Crippen molar-refractivity contribution in [2.75, 3.05) is 0 Å². The number of ether oxygens (including phenoxy) is 1. The zero-order valence-corrected chi connectivity index (χ0v) is 10.1. The Kier molecular flexibility index (Phi) is 2.92. The van der Waals surface area contributed by atoms with Gasteiger partial charge in [-0.25, -0.2) is 0 Å². The van der Waals surface area contributed by atoms with E-state index in [2.05, 4.69) is 6.58 Å². The van der Waals surface area contributed by atoms with Gasteiger partial charge in [0, 0.05) is 12.0 Å². The Labute approximate surface area is 101 Å². The molecule has 0 saturated carbocycles. The smallest absolute Gasteiger partial charge is 0.163 e. The molecule has 1 unspecified atom stereocenters. The van der Waals surface area contributed by atoms with Gasteiger partial charge in [-0.3, -0.25) is 4.79 Å². The first-order chi connectivity index (χ1) is 8.04. The van der Waals surface area contributed by atoms with Gasteiger partial charge in [-0.05, 0) is 31.9 Å². The van der Waals surface area contributed by atoms with Gasteiger partial charge in [0.15, 0.2) is 5.78 Å². The molecule has 90 valence electrons. The van der Waals surface area contributed by atoms with Crippen LogP contribution >= 0.6 is 0 Å². The number of carbonyl (C=O) groups is 1. The molecule has 0 fully saturated rings. The maximum absolute atomic E-state index is 11.6. The lowest BCUT2D eigenvalue weighted by Crippen LogP contribution is -2.06. The third-order valence-corrected chi connectivity index (χ3v) is 2.98. The second kappa shape index (κ2) is 4.24. The largest absolute Gasteiger partial charge is 0.507 e. The van der Waals surface area contributed by atoms with Crippen molar-refractivity contribution in [3.8, 4) is 11.5 Å². The number of aromatic hydroxyl groups is 1. The number of hydrogen-bond donors (Lipinski definition) is 1. The molecule has 1 aromatic carbocycles. The van der Waals surface area contributed by atoms with E-state index in [-0.39, 0.29) is 17.6 Å². The molecule has 1 aliphatic rings. The molecule has 0 aliphatic carbocycles. The van der Waals surface area contributed by atoms with Crippen molar-refractivity contribution in [2.45, 2.75) is 32.8 Å². The Morgan fingerprint density at radius 1 is 1.71 bits per heavy atom. The molecule has 2 rings (SSSR count). The summed E-state index contributed by atoms with van der Waals surface area (Å²) >= 11 is 0. The van der Waals surface area contributed by atoms with Crippen LogP contribution < -0.4 is 4.74 Å². The second-order valence-electron chi connectivity index (χ2n) is 4.42. The second-order valence-corrected chi connectivity index (χ2v) is 4.42. The monoisotopic (exact) mass is 232 g/mol. The summed E-state index contributed by atoms with van der Waals surface area (Å²) in [5.41, 5.74) is 2.04. The van der Waals surface area contributed by atoms with Crippen molar-refractivity contribution >= 4 is 5.78 Å². The van der Waals surface area contributed by atoms with Gasteiger partial charge >= 0.3 is 0 Å². The summed E-state index contributed by atoms with van der Waals surface area (Å²) in [4.78, 5) is 11.6. The highest BCUT2D eigenvalue weighted by Gasteiger charge is 2.28. The zero-order chi connectivity index (χ0) is 12.6. The van der Waals surface area contributed by atoms with E-state index in [4.69, 9.17) is 4.74 Å². The summed E-state index contributed by atoms with van der Waals surface area (Å²) in [5.74, 6) is 0.755. The fraction of sp³-hybridized carbons (Fsp3) is 0.357. The van der Waals surface area contributed by atoms with Crippen LogP contribution in [0.5, 0.6) is 11.5 Å². The van der Waals surface area contributed by atoms with Gasteiger partial charge in [0.05, 0.1) is 5.56 Å². The molecule has 0 radical (unpaired) electrons. The van der Waals surface area contributed by atoms with Crippen LogP contribution in [-0.4, -0.2) is 17.0 Å². The van der Waals surface area contributed by atoms with Crippen LogP contribution in [-0.2, 0) is 12.8 Å². The number of Topliss-reactive ketones (excluding diaryl/α,β-unsaturated/α-hetero) is 1. The fourth-order valence-corrected chi connectivity index (χ4v) is 2.20. The van der Waals surface area contributed by atoms with Gasteiger partial charge in [0.25, 0.3) is 0 Å². The van der Waals surface area contributed by atoms with E-state index in [0.29, 0.717) is 24.2 Å². The third kappa shape index (κ3) is 1.93. The van der Waals surface area contributed by atoms with Gasteiger partial charge in [-0.2, -0.15) is 0 Å². The van der Waals surface area contributed by atoms with E-state index < -0.39 is 0 Å². The van der Waals surface area contributed by atoms with E-state index in [1.807, 2.05) is 6.92 Å². The number of fused-ring (bicyclic) bond motifs is 1. The van der Waals surface area contributed by atoms with Crippen molar-refractivity contribution in [2.24, 2.45) is 0 Å².